The van der Waals surface area contributed by atoms with Gasteiger partial charge in [0.1, 0.15) is 5.75 Å². The zero-order chi connectivity index (χ0) is 11.8. The molecule has 0 aliphatic heterocycles. The Bertz CT molecular complexity index is 313. The van der Waals surface area contributed by atoms with Gasteiger partial charge in [-0.05, 0) is 31.0 Å². The number of nitrogens with two attached hydrogens (primary N) is 1. The van der Waals surface area contributed by atoms with Crippen molar-refractivity contribution in [1.29, 1.82) is 0 Å². The van der Waals surface area contributed by atoms with Crippen LogP contribution in [-0.2, 0) is 4.74 Å². The molecule has 2 N–H and O–H groups in total. The van der Waals surface area contributed by atoms with Crippen LogP contribution in [0.25, 0.3) is 0 Å². The number of rotatable bonds is 7. The van der Waals surface area contributed by atoms with Gasteiger partial charge in [0.25, 0.3) is 0 Å². The van der Waals surface area contributed by atoms with E-state index in [1.54, 1.807) is 0 Å². The van der Waals surface area contributed by atoms with Crippen LogP contribution >= 0.6 is 0 Å². The molecule has 0 amide bonds. The van der Waals surface area contributed by atoms with Crippen molar-refractivity contribution >= 4 is 0 Å². The van der Waals surface area contributed by atoms with E-state index >= 15 is 0 Å². The second kappa shape index (κ2) is 7.25. The van der Waals surface area contributed by atoms with Crippen molar-refractivity contribution in [2.75, 3.05) is 26.4 Å². The number of aryl methyl sites for hydroxylation is 1. The molecule has 0 radical (unpaired) electrons. The van der Waals surface area contributed by atoms with Crippen molar-refractivity contribution in [1.82, 2.24) is 0 Å². The quantitative estimate of drug-likeness (QED) is 0.719. The molecule has 0 aromatic heterocycles. The van der Waals surface area contributed by atoms with Crippen LogP contribution in [0.2, 0.25) is 0 Å². The highest BCUT2D eigenvalue weighted by Gasteiger charge is 2.00. The highest BCUT2D eigenvalue weighted by atomic mass is 16.5. The van der Waals surface area contributed by atoms with Crippen LogP contribution in [0, 0.1) is 13.8 Å². The Labute approximate surface area is 97.6 Å². The summed E-state index contributed by atoms with van der Waals surface area (Å²) in [7, 11) is 0. The summed E-state index contributed by atoms with van der Waals surface area (Å²) >= 11 is 0. The largest absolute Gasteiger partial charge is 0.493 e. The molecule has 0 fully saturated rings. The maximum atomic E-state index is 5.69. The first-order valence-electron chi connectivity index (χ1n) is 5.72. The first-order valence-corrected chi connectivity index (χ1v) is 5.72. The Morgan fingerprint density at radius 3 is 2.69 bits per heavy atom. The van der Waals surface area contributed by atoms with Gasteiger partial charge in [-0.25, -0.2) is 0 Å². The average molecular weight is 223 g/mol. The van der Waals surface area contributed by atoms with E-state index in [0.29, 0.717) is 26.4 Å². The third-order valence-corrected chi connectivity index (χ3v) is 2.51. The topological polar surface area (TPSA) is 44.5 Å². The Hall–Kier alpha value is -1.06. The van der Waals surface area contributed by atoms with Crippen LogP contribution in [0.4, 0.5) is 0 Å². The van der Waals surface area contributed by atoms with Crippen LogP contribution in [0.5, 0.6) is 5.75 Å². The first kappa shape index (κ1) is 13.0. The average Bonchev–Trinajstić information content (AvgIpc) is 2.29. The van der Waals surface area contributed by atoms with Gasteiger partial charge >= 0.3 is 0 Å². The van der Waals surface area contributed by atoms with E-state index in [4.69, 9.17) is 15.2 Å². The molecular formula is C13H21NO2. The molecule has 1 aromatic carbocycles. The Kier molecular flexibility index (Phi) is 5.90. The smallest absolute Gasteiger partial charge is 0.122 e. The van der Waals surface area contributed by atoms with E-state index in [1.165, 1.54) is 11.1 Å². The normalized spacial score (nSPS) is 10.4. The van der Waals surface area contributed by atoms with Gasteiger partial charge in [0, 0.05) is 19.6 Å². The van der Waals surface area contributed by atoms with Gasteiger partial charge in [-0.1, -0.05) is 12.1 Å². The summed E-state index contributed by atoms with van der Waals surface area (Å²) in [4.78, 5) is 0. The van der Waals surface area contributed by atoms with Gasteiger partial charge < -0.3 is 15.2 Å². The molecule has 0 unspecified atom stereocenters. The van der Waals surface area contributed by atoms with Crippen molar-refractivity contribution in [3.63, 3.8) is 0 Å². The van der Waals surface area contributed by atoms with Crippen molar-refractivity contribution in [3.8, 4) is 5.75 Å². The van der Waals surface area contributed by atoms with Gasteiger partial charge in [-0.15, -0.1) is 0 Å². The summed E-state index contributed by atoms with van der Waals surface area (Å²) in [5, 5.41) is 0. The lowest BCUT2D eigenvalue weighted by atomic mass is 10.1. The molecule has 1 rings (SSSR count). The van der Waals surface area contributed by atoms with Crippen LogP contribution in [0.1, 0.15) is 17.5 Å². The SMILES string of the molecule is Cc1cccc(OCCCOCCN)c1C. The van der Waals surface area contributed by atoms with Crippen LogP contribution in [0.15, 0.2) is 18.2 Å². The Morgan fingerprint density at radius 1 is 1.12 bits per heavy atom. The number of hydrogen-bond donors (Lipinski definition) is 1. The first-order chi connectivity index (χ1) is 7.75. The van der Waals surface area contributed by atoms with Crippen LogP contribution < -0.4 is 10.5 Å². The fourth-order valence-electron chi connectivity index (χ4n) is 1.41. The molecule has 1 aromatic rings. The van der Waals surface area contributed by atoms with Gasteiger partial charge in [-0.2, -0.15) is 0 Å². The van der Waals surface area contributed by atoms with Gasteiger partial charge in [0.2, 0.25) is 0 Å². The third-order valence-electron chi connectivity index (χ3n) is 2.51. The fourth-order valence-corrected chi connectivity index (χ4v) is 1.41. The molecule has 0 aliphatic rings. The zero-order valence-electron chi connectivity index (χ0n) is 10.2. The minimum absolute atomic E-state index is 0.581. The highest BCUT2D eigenvalue weighted by Crippen LogP contribution is 2.20. The molecule has 3 nitrogen and oxygen atoms in total. The lowest BCUT2D eigenvalue weighted by Crippen LogP contribution is -2.10. The highest BCUT2D eigenvalue weighted by molar-refractivity contribution is 5.38. The van der Waals surface area contributed by atoms with E-state index in [2.05, 4.69) is 19.9 Å². The predicted molar refractivity (Wildman–Crippen MR) is 65.9 cm³/mol. The predicted octanol–water partition coefficient (Wildman–Crippen LogP) is 2.05. The lowest BCUT2D eigenvalue weighted by molar-refractivity contribution is 0.125. The Balaban J connectivity index is 2.24. The summed E-state index contributed by atoms with van der Waals surface area (Å²) in [6.07, 6.45) is 0.896. The summed E-state index contributed by atoms with van der Waals surface area (Å²) in [5.74, 6) is 0.971. The number of benzene rings is 1. The molecule has 0 atom stereocenters. The van der Waals surface area contributed by atoms with E-state index in [-0.39, 0.29) is 0 Å². The van der Waals surface area contributed by atoms with Crippen molar-refractivity contribution in [2.45, 2.75) is 20.3 Å². The van der Waals surface area contributed by atoms with E-state index in [9.17, 15) is 0 Å². The van der Waals surface area contributed by atoms with E-state index < -0.39 is 0 Å². The summed E-state index contributed by atoms with van der Waals surface area (Å²) in [6.45, 7) is 6.78. The second-order valence-corrected chi connectivity index (χ2v) is 3.80. The van der Waals surface area contributed by atoms with Crippen molar-refractivity contribution in [3.05, 3.63) is 29.3 Å². The molecule has 0 saturated heterocycles. The van der Waals surface area contributed by atoms with Crippen molar-refractivity contribution < 1.29 is 9.47 Å². The Morgan fingerprint density at radius 2 is 1.94 bits per heavy atom. The van der Waals surface area contributed by atoms with Gasteiger partial charge in [0.05, 0.1) is 13.2 Å². The van der Waals surface area contributed by atoms with E-state index in [1.807, 2.05) is 12.1 Å². The number of ether oxygens (including phenoxy) is 2. The fraction of sp³-hybridized carbons (Fsp3) is 0.538. The van der Waals surface area contributed by atoms with Gasteiger partial charge in [0.15, 0.2) is 0 Å². The second-order valence-electron chi connectivity index (χ2n) is 3.80. The molecule has 3 heteroatoms. The van der Waals surface area contributed by atoms with E-state index in [0.717, 1.165) is 12.2 Å². The monoisotopic (exact) mass is 223 g/mol. The zero-order valence-corrected chi connectivity index (χ0v) is 10.2. The van der Waals surface area contributed by atoms with Gasteiger partial charge in [-0.3, -0.25) is 0 Å². The maximum absolute atomic E-state index is 5.69. The maximum Gasteiger partial charge on any atom is 0.122 e. The third kappa shape index (κ3) is 4.21. The molecule has 0 bridgehead atoms. The molecular weight excluding hydrogens is 202 g/mol. The standard InChI is InChI=1S/C13H21NO2/c1-11-5-3-6-13(12(11)2)16-9-4-8-15-10-7-14/h3,5-6H,4,7-10,14H2,1-2H3. The summed E-state index contributed by atoms with van der Waals surface area (Å²) in [6, 6.07) is 6.11. The molecule has 0 spiro atoms. The minimum Gasteiger partial charge on any atom is -0.493 e. The van der Waals surface area contributed by atoms with Crippen LogP contribution in [-0.4, -0.2) is 26.4 Å². The summed E-state index contributed by atoms with van der Waals surface area (Å²) < 4.78 is 11.0. The summed E-state index contributed by atoms with van der Waals surface area (Å²) in [5.41, 5.74) is 7.79. The molecule has 90 valence electrons. The van der Waals surface area contributed by atoms with Crippen molar-refractivity contribution in [2.24, 2.45) is 5.73 Å². The van der Waals surface area contributed by atoms with Crippen LogP contribution in [0.3, 0.4) is 0 Å². The minimum atomic E-state index is 0.581. The molecule has 16 heavy (non-hydrogen) atoms. The lowest BCUT2D eigenvalue weighted by Gasteiger charge is -2.10. The molecule has 0 aliphatic carbocycles. The molecule has 0 heterocycles. The molecule has 0 saturated carbocycles. The number of hydrogen-bond acceptors (Lipinski definition) is 3.